The van der Waals surface area contributed by atoms with E-state index in [2.05, 4.69) is 15.2 Å². The summed E-state index contributed by atoms with van der Waals surface area (Å²) < 4.78 is 11.8. The van der Waals surface area contributed by atoms with Gasteiger partial charge < -0.3 is 9.26 Å². The van der Waals surface area contributed by atoms with Crippen molar-refractivity contribution in [2.75, 3.05) is 7.11 Å². The lowest BCUT2D eigenvalue weighted by molar-refractivity contribution is 0.0606. The van der Waals surface area contributed by atoms with Crippen LogP contribution in [-0.2, 0) is 4.74 Å². The van der Waals surface area contributed by atoms with Gasteiger partial charge >= 0.3 is 5.97 Å². The summed E-state index contributed by atoms with van der Waals surface area (Å²) in [6, 6.07) is 3.91. The Morgan fingerprint density at radius 1 is 1.32 bits per heavy atom. The van der Waals surface area contributed by atoms with Crippen molar-refractivity contribution < 1.29 is 14.1 Å². The van der Waals surface area contributed by atoms with Crippen molar-refractivity contribution >= 4 is 22.8 Å². The lowest BCUT2D eigenvalue weighted by atomic mass is 10.1. The number of fused-ring (bicyclic) bond motifs is 1. The molecule has 0 amide bonds. The van der Waals surface area contributed by atoms with Crippen LogP contribution >= 0.6 is 11.3 Å². The van der Waals surface area contributed by atoms with Crippen LogP contribution in [0.25, 0.3) is 27.2 Å². The predicted octanol–water partition coefficient (Wildman–Crippen LogP) is 3.52. The maximum atomic E-state index is 11.6. The molecule has 4 heterocycles. The fourth-order valence-electron chi connectivity index (χ4n) is 2.78. The molecule has 0 fully saturated rings. The Morgan fingerprint density at radius 3 is 2.88 bits per heavy atom. The first-order valence-electron chi connectivity index (χ1n) is 7.53. The van der Waals surface area contributed by atoms with E-state index in [0.29, 0.717) is 4.88 Å². The molecule has 0 spiro atoms. The fraction of sp³-hybridized carbons (Fsp3) is 0.176. The van der Waals surface area contributed by atoms with E-state index in [9.17, 15) is 4.79 Å². The molecule has 0 aromatic carbocycles. The number of esters is 1. The first-order valence-corrected chi connectivity index (χ1v) is 8.35. The molecule has 0 saturated heterocycles. The molecule has 0 atom stereocenters. The van der Waals surface area contributed by atoms with Gasteiger partial charge in [0.05, 0.1) is 36.3 Å². The minimum atomic E-state index is -0.384. The van der Waals surface area contributed by atoms with Crippen LogP contribution in [0.3, 0.4) is 0 Å². The summed E-state index contributed by atoms with van der Waals surface area (Å²) in [5.41, 5.74) is 4.53. The maximum Gasteiger partial charge on any atom is 0.349 e. The summed E-state index contributed by atoms with van der Waals surface area (Å²) in [6.45, 7) is 3.79. The van der Waals surface area contributed by atoms with Crippen LogP contribution < -0.4 is 0 Å². The Bertz CT molecular complexity index is 1070. The molecule has 0 unspecified atom stereocenters. The van der Waals surface area contributed by atoms with Crippen LogP contribution in [0, 0.1) is 13.8 Å². The third-order valence-corrected chi connectivity index (χ3v) is 4.99. The van der Waals surface area contributed by atoms with Crippen molar-refractivity contribution in [1.29, 1.82) is 0 Å². The molecule has 7 nitrogen and oxygen atoms in total. The molecule has 0 aliphatic rings. The Hall–Kier alpha value is -3.00. The fourth-order valence-corrected chi connectivity index (χ4v) is 3.61. The van der Waals surface area contributed by atoms with Crippen molar-refractivity contribution in [2.24, 2.45) is 0 Å². The molecular weight excluding hydrogens is 340 g/mol. The minimum absolute atomic E-state index is 0.384. The normalized spacial score (nSPS) is 11.2. The molecular formula is C17H14N4O3S. The van der Waals surface area contributed by atoms with E-state index in [1.165, 1.54) is 24.6 Å². The van der Waals surface area contributed by atoms with Gasteiger partial charge in [-0.1, -0.05) is 5.16 Å². The van der Waals surface area contributed by atoms with E-state index in [0.717, 1.165) is 38.7 Å². The molecule has 4 aromatic heterocycles. The highest BCUT2D eigenvalue weighted by Crippen LogP contribution is 2.33. The third-order valence-electron chi connectivity index (χ3n) is 3.96. The highest BCUT2D eigenvalue weighted by molar-refractivity contribution is 7.16. The Balaban J connectivity index is 1.84. The zero-order valence-corrected chi connectivity index (χ0v) is 14.6. The molecule has 4 aromatic rings. The number of nitrogens with zero attached hydrogens (tertiary/aromatic N) is 4. The van der Waals surface area contributed by atoms with Gasteiger partial charge in [0, 0.05) is 17.3 Å². The van der Waals surface area contributed by atoms with Crippen molar-refractivity contribution in [1.82, 2.24) is 19.8 Å². The van der Waals surface area contributed by atoms with E-state index in [1.807, 2.05) is 32.2 Å². The summed E-state index contributed by atoms with van der Waals surface area (Å²) >= 11 is 1.29. The standard InChI is InChI=1S/C17H14N4O3S/c1-9-15(10(2)24-20-9)12-7-19-21-5-4-11(6-13(12)21)16-18-8-14(25-16)17(22)23-3/h4-8H,1-3H3. The quantitative estimate of drug-likeness (QED) is 0.524. The molecule has 0 aliphatic heterocycles. The van der Waals surface area contributed by atoms with Crippen molar-refractivity contribution in [2.45, 2.75) is 13.8 Å². The first-order chi connectivity index (χ1) is 12.1. The van der Waals surface area contributed by atoms with Gasteiger partial charge in [0.25, 0.3) is 0 Å². The lowest BCUT2D eigenvalue weighted by Gasteiger charge is -2.01. The van der Waals surface area contributed by atoms with Crippen molar-refractivity contribution in [3.8, 4) is 21.7 Å². The van der Waals surface area contributed by atoms with Crippen LogP contribution in [0.4, 0.5) is 0 Å². The number of ether oxygens (including phenoxy) is 1. The van der Waals surface area contributed by atoms with Gasteiger partial charge in [0.1, 0.15) is 15.6 Å². The Morgan fingerprint density at radius 2 is 2.16 bits per heavy atom. The average Bonchev–Trinajstić information content (AvgIpc) is 3.33. The second kappa shape index (κ2) is 5.82. The summed E-state index contributed by atoms with van der Waals surface area (Å²) in [7, 11) is 1.36. The highest BCUT2D eigenvalue weighted by Gasteiger charge is 2.17. The zero-order chi connectivity index (χ0) is 17.6. The second-order valence-electron chi connectivity index (χ2n) is 5.52. The topological polar surface area (TPSA) is 82.5 Å². The number of thiazole rings is 1. The zero-order valence-electron chi connectivity index (χ0n) is 13.8. The molecule has 0 N–H and O–H groups in total. The van der Waals surface area contributed by atoms with E-state index in [-0.39, 0.29) is 5.97 Å². The van der Waals surface area contributed by atoms with Gasteiger partial charge in [-0.3, -0.25) is 0 Å². The van der Waals surface area contributed by atoms with E-state index in [4.69, 9.17) is 9.26 Å². The molecule has 0 bridgehead atoms. The Kier molecular flexibility index (Phi) is 3.61. The molecule has 8 heteroatoms. The van der Waals surface area contributed by atoms with Crippen LogP contribution in [0.15, 0.2) is 35.2 Å². The van der Waals surface area contributed by atoms with Crippen LogP contribution in [0.2, 0.25) is 0 Å². The van der Waals surface area contributed by atoms with Gasteiger partial charge in [-0.25, -0.2) is 14.3 Å². The number of aryl methyl sites for hydroxylation is 2. The number of carbonyl (C=O) groups excluding carboxylic acids is 1. The number of methoxy groups -OCH3 is 1. The smallest absolute Gasteiger partial charge is 0.349 e. The van der Waals surface area contributed by atoms with Gasteiger partial charge in [-0.15, -0.1) is 11.3 Å². The van der Waals surface area contributed by atoms with Crippen molar-refractivity contribution in [3.63, 3.8) is 0 Å². The number of carbonyl (C=O) groups is 1. The summed E-state index contributed by atoms with van der Waals surface area (Å²) in [5, 5.41) is 9.16. The molecule has 4 rings (SSSR count). The number of hydrogen-bond acceptors (Lipinski definition) is 7. The summed E-state index contributed by atoms with van der Waals surface area (Å²) in [4.78, 5) is 16.4. The lowest BCUT2D eigenvalue weighted by Crippen LogP contribution is -1.96. The first kappa shape index (κ1) is 15.5. The van der Waals surface area contributed by atoms with Crippen LogP contribution in [-0.4, -0.2) is 32.8 Å². The van der Waals surface area contributed by atoms with Crippen molar-refractivity contribution in [3.05, 3.63) is 47.1 Å². The molecule has 25 heavy (non-hydrogen) atoms. The number of aromatic nitrogens is 4. The van der Waals surface area contributed by atoms with Gasteiger partial charge in [-0.05, 0) is 26.0 Å². The predicted molar refractivity (Wildman–Crippen MR) is 92.6 cm³/mol. The minimum Gasteiger partial charge on any atom is -0.465 e. The third kappa shape index (κ3) is 2.51. The average molecular weight is 354 g/mol. The van der Waals surface area contributed by atoms with Crippen LogP contribution in [0.5, 0.6) is 0 Å². The summed E-state index contributed by atoms with van der Waals surface area (Å²) in [6.07, 6.45) is 5.19. The number of pyridine rings is 1. The molecule has 126 valence electrons. The summed E-state index contributed by atoms with van der Waals surface area (Å²) in [5.74, 6) is 0.366. The van der Waals surface area contributed by atoms with Crippen LogP contribution in [0.1, 0.15) is 21.1 Å². The number of hydrogen-bond donors (Lipinski definition) is 0. The second-order valence-corrected chi connectivity index (χ2v) is 6.55. The van der Waals surface area contributed by atoms with E-state index in [1.54, 1.807) is 10.7 Å². The van der Waals surface area contributed by atoms with E-state index < -0.39 is 0 Å². The van der Waals surface area contributed by atoms with E-state index >= 15 is 0 Å². The van der Waals surface area contributed by atoms with Gasteiger partial charge in [0.15, 0.2) is 0 Å². The monoisotopic (exact) mass is 354 g/mol. The van der Waals surface area contributed by atoms with Gasteiger partial charge in [0.2, 0.25) is 0 Å². The Labute approximate surface area is 146 Å². The SMILES string of the molecule is COC(=O)c1cnc(-c2ccn3ncc(-c4c(C)noc4C)c3c2)s1. The molecule has 0 saturated carbocycles. The maximum absolute atomic E-state index is 11.6. The largest absolute Gasteiger partial charge is 0.465 e. The molecule has 0 radical (unpaired) electrons. The molecule has 0 aliphatic carbocycles. The highest BCUT2D eigenvalue weighted by atomic mass is 32.1. The number of rotatable bonds is 3. The van der Waals surface area contributed by atoms with Gasteiger partial charge in [-0.2, -0.15) is 5.10 Å².